The molecule has 12 heteroatoms. The molecule has 3 unspecified atom stereocenters. The molecule has 2 amide bonds. The van der Waals surface area contributed by atoms with Crippen LogP contribution in [0.3, 0.4) is 0 Å². The maximum absolute atomic E-state index is 13.4. The lowest BCUT2D eigenvalue weighted by Gasteiger charge is -2.43. The average Bonchev–Trinajstić information content (AvgIpc) is 3.11. The van der Waals surface area contributed by atoms with E-state index in [1.54, 1.807) is 13.8 Å². The van der Waals surface area contributed by atoms with Gasteiger partial charge in [-0.05, 0) is 104 Å². The molecule has 0 radical (unpaired) electrons. The molecule has 0 aromatic rings. The number of hydrogen-bond donors (Lipinski definition) is 5. The van der Waals surface area contributed by atoms with Crippen LogP contribution in [0.1, 0.15) is 99.8 Å². The van der Waals surface area contributed by atoms with Gasteiger partial charge in [0.15, 0.2) is 6.29 Å². The number of hydrogen-bond acceptors (Lipinski definition) is 10. The van der Waals surface area contributed by atoms with E-state index in [9.17, 15) is 24.9 Å². The Labute approximate surface area is 324 Å². The predicted octanol–water partition coefficient (Wildman–Crippen LogP) is 4.80. The quantitative estimate of drug-likeness (QED) is 0.164. The maximum atomic E-state index is 13.4. The highest BCUT2D eigenvalue weighted by atomic mass is 16.7. The summed E-state index contributed by atoms with van der Waals surface area (Å²) < 4.78 is 18.8. The van der Waals surface area contributed by atoms with Crippen molar-refractivity contribution in [2.75, 3.05) is 33.7 Å². The molecular weight excluding hydrogens is 688 g/mol. The topological polar surface area (TPSA) is 153 Å². The van der Waals surface area contributed by atoms with Gasteiger partial charge in [0.1, 0.15) is 17.8 Å². The number of esters is 1. The number of aliphatic hydroxyl groups excluding tert-OH is 1. The van der Waals surface area contributed by atoms with Gasteiger partial charge in [-0.25, -0.2) is 4.79 Å². The molecule has 12 nitrogen and oxygen atoms in total. The van der Waals surface area contributed by atoms with Crippen LogP contribution in [0.5, 0.6) is 0 Å². The number of allylic oxidation sites excluding steroid dienone is 7. The number of fused-ring (bicyclic) bond motifs is 1. The van der Waals surface area contributed by atoms with Gasteiger partial charge in [-0.3, -0.25) is 9.69 Å². The minimum atomic E-state index is -1.73. The lowest BCUT2D eigenvalue weighted by molar-refractivity contribution is -0.252. The first kappa shape index (κ1) is 44.1. The van der Waals surface area contributed by atoms with Crippen molar-refractivity contribution in [1.82, 2.24) is 20.4 Å². The molecule has 2 saturated heterocycles. The number of nitrogens with zero attached hydrogens (tertiary/aromatic N) is 2. The fourth-order valence-electron chi connectivity index (χ4n) is 8.53. The third-order valence-electron chi connectivity index (χ3n) is 11.9. The molecule has 2 heterocycles. The van der Waals surface area contributed by atoms with Gasteiger partial charge in [-0.2, -0.15) is 0 Å². The van der Waals surface area contributed by atoms with Gasteiger partial charge in [0, 0.05) is 49.8 Å². The molecule has 54 heavy (non-hydrogen) atoms. The normalized spacial score (nSPS) is 38.7. The van der Waals surface area contributed by atoms with E-state index in [1.807, 2.05) is 32.9 Å². The molecule has 5 N–H and O–H groups in total. The Kier molecular flexibility index (Phi) is 16.0. The molecule has 2 fully saturated rings. The first-order valence-electron chi connectivity index (χ1n) is 20.3. The number of carbonyl (C=O) groups excluding carboxylic acids is 2. The van der Waals surface area contributed by atoms with Crippen molar-refractivity contribution in [3.05, 3.63) is 47.7 Å². The summed E-state index contributed by atoms with van der Waals surface area (Å²) in [7, 11) is 4.11. The number of carbonyl (C=O) groups is 2. The van der Waals surface area contributed by atoms with Crippen LogP contribution < -0.4 is 10.6 Å². The lowest BCUT2D eigenvalue weighted by Crippen LogP contribution is -2.59. The zero-order valence-electron chi connectivity index (χ0n) is 34.3. The molecule has 0 saturated carbocycles. The van der Waals surface area contributed by atoms with E-state index < -0.39 is 53.7 Å². The second-order valence-electron chi connectivity index (χ2n) is 17.1. The standard InChI is InChI=1S/C42H70N4O8/c1-10-35-42(7,51)38(47)30(5)46(21-13-20-43-40(49)44-33-18-17-31-14-11-12-15-32(31)23-33)26-27(2)25-41(6,50)36(19-16-28(3)39(48)54-35)53-37-24-34(45(8)9)22-29(4)52-37/h11-12,14,17-18,23,27-30,32,34-38,47,50-51H,10,13,15-16,19-22,24-26H2,1-9H3,(H2,43,44,49)/t27-,28-,29-,30-,32-,34?,35?,36?,37+,38-,41-,42-/m1/s1. The summed E-state index contributed by atoms with van der Waals surface area (Å²) in [6.07, 6.45) is 13.5. The van der Waals surface area contributed by atoms with E-state index in [0.717, 1.165) is 18.5 Å². The molecule has 0 aromatic heterocycles. The van der Waals surface area contributed by atoms with Gasteiger partial charge in [-0.15, -0.1) is 0 Å². The van der Waals surface area contributed by atoms with Gasteiger partial charge in [0.2, 0.25) is 0 Å². The molecule has 0 aromatic carbocycles. The van der Waals surface area contributed by atoms with Gasteiger partial charge in [0.25, 0.3) is 0 Å². The number of urea groups is 1. The minimum Gasteiger partial charge on any atom is -0.459 e. The second kappa shape index (κ2) is 19.5. The fraction of sp³-hybridized carbons (Fsp3) is 0.762. The number of nitrogens with one attached hydrogen (secondary N) is 2. The van der Waals surface area contributed by atoms with Gasteiger partial charge < -0.3 is 45.1 Å². The number of cyclic esters (lactones) is 1. The first-order valence-corrected chi connectivity index (χ1v) is 20.3. The third kappa shape index (κ3) is 12.0. The summed E-state index contributed by atoms with van der Waals surface area (Å²) in [5.74, 6) is -0.786. The third-order valence-corrected chi connectivity index (χ3v) is 11.9. The van der Waals surface area contributed by atoms with E-state index in [4.69, 9.17) is 14.2 Å². The van der Waals surface area contributed by atoms with E-state index in [-0.39, 0.29) is 30.0 Å². The number of rotatable bonds is 9. The highest BCUT2D eigenvalue weighted by Crippen LogP contribution is 2.34. The summed E-state index contributed by atoms with van der Waals surface area (Å²) in [5.41, 5.74) is -1.00. The number of amides is 2. The molecular formula is C42H70N4O8. The monoisotopic (exact) mass is 759 g/mol. The van der Waals surface area contributed by atoms with Crippen molar-refractivity contribution in [3.8, 4) is 0 Å². The van der Waals surface area contributed by atoms with Crippen LogP contribution in [-0.2, 0) is 19.0 Å². The van der Waals surface area contributed by atoms with E-state index in [1.165, 1.54) is 12.5 Å². The summed E-state index contributed by atoms with van der Waals surface area (Å²) in [5, 5.41) is 41.6. The number of aliphatic hydroxyl groups is 3. The zero-order chi connectivity index (χ0) is 39.8. The van der Waals surface area contributed by atoms with Crippen molar-refractivity contribution >= 4 is 12.0 Å². The Morgan fingerprint density at radius 3 is 2.56 bits per heavy atom. The molecule has 0 bridgehead atoms. The largest absolute Gasteiger partial charge is 0.459 e. The molecule has 4 rings (SSSR count). The van der Waals surface area contributed by atoms with Crippen LogP contribution in [0.4, 0.5) is 4.79 Å². The summed E-state index contributed by atoms with van der Waals surface area (Å²) in [6.45, 7) is 14.3. The van der Waals surface area contributed by atoms with E-state index in [2.05, 4.69) is 65.8 Å². The minimum absolute atomic E-state index is 0.00183. The van der Waals surface area contributed by atoms with Crippen molar-refractivity contribution in [2.45, 2.75) is 154 Å². The summed E-state index contributed by atoms with van der Waals surface area (Å²) in [4.78, 5) is 30.6. The summed E-state index contributed by atoms with van der Waals surface area (Å²) >= 11 is 0. The Morgan fingerprint density at radius 2 is 1.85 bits per heavy atom. The van der Waals surface area contributed by atoms with Gasteiger partial charge >= 0.3 is 12.0 Å². The maximum Gasteiger partial charge on any atom is 0.319 e. The van der Waals surface area contributed by atoms with Crippen molar-refractivity contribution < 1.29 is 39.1 Å². The first-order chi connectivity index (χ1) is 25.4. The summed E-state index contributed by atoms with van der Waals surface area (Å²) in [6, 6.07) is -0.558. The van der Waals surface area contributed by atoms with E-state index in [0.29, 0.717) is 58.2 Å². The Morgan fingerprint density at radius 1 is 1.11 bits per heavy atom. The van der Waals surface area contributed by atoms with Crippen molar-refractivity contribution in [2.24, 2.45) is 17.8 Å². The average molecular weight is 759 g/mol. The smallest absolute Gasteiger partial charge is 0.319 e. The van der Waals surface area contributed by atoms with Gasteiger partial charge in [0.05, 0.1) is 23.7 Å². The van der Waals surface area contributed by atoms with E-state index >= 15 is 0 Å². The Balaban J connectivity index is 1.49. The van der Waals surface area contributed by atoms with Crippen LogP contribution in [-0.4, -0.2) is 125 Å². The SMILES string of the molecule is CCC1OC(=O)[C@H](C)CCC(O[C@H]2CC(N(C)C)C[C@@H](C)O2)[C@](C)(O)C[C@@H](C)CN(CCCNC(=O)NC2=C[C@H]3CC=CC=C3C=C2)[C@H](C)[C@@H](O)[C@]1(C)O. The Bertz CT molecular complexity index is 1380. The van der Waals surface area contributed by atoms with Crippen molar-refractivity contribution in [3.63, 3.8) is 0 Å². The molecule has 4 aliphatic rings. The molecule has 306 valence electrons. The zero-order valence-corrected chi connectivity index (χ0v) is 34.3. The molecule has 0 spiro atoms. The second-order valence-corrected chi connectivity index (χ2v) is 17.1. The van der Waals surface area contributed by atoms with Gasteiger partial charge in [-0.1, -0.05) is 51.2 Å². The van der Waals surface area contributed by atoms with Crippen LogP contribution >= 0.6 is 0 Å². The molecule has 2 aliphatic carbocycles. The fourth-order valence-corrected chi connectivity index (χ4v) is 8.53. The van der Waals surface area contributed by atoms with Crippen LogP contribution in [0.15, 0.2) is 47.7 Å². The Hall–Kier alpha value is -2.58. The molecule has 12 atom stereocenters. The highest BCUT2D eigenvalue weighted by molar-refractivity contribution is 5.76. The van der Waals surface area contributed by atoms with Crippen LogP contribution in [0.2, 0.25) is 0 Å². The molecule has 2 aliphatic heterocycles. The lowest BCUT2D eigenvalue weighted by atomic mass is 9.84. The number of ether oxygens (including phenoxy) is 3. The predicted molar refractivity (Wildman–Crippen MR) is 210 cm³/mol. The van der Waals surface area contributed by atoms with Crippen LogP contribution in [0.25, 0.3) is 0 Å². The highest BCUT2D eigenvalue weighted by Gasteiger charge is 2.46. The van der Waals surface area contributed by atoms with Crippen molar-refractivity contribution in [1.29, 1.82) is 0 Å². The van der Waals surface area contributed by atoms with Crippen LogP contribution in [0, 0.1) is 17.8 Å².